The predicted molar refractivity (Wildman–Crippen MR) is 179 cm³/mol. The highest BCUT2D eigenvalue weighted by molar-refractivity contribution is 9.10. The fourth-order valence-electron chi connectivity index (χ4n) is 4.08. The number of hydrogen-bond acceptors (Lipinski definition) is 7. The van der Waals surface area contributed by atoms with Gasteiger partial charge in [-0.25, -0.2) is 0 Å². The minimum absolute atomic E-state index is 0.0862. The number of amides is 3. The topological polar surface area (TPSA) is 113 Å². The molecule has 1 atom stereocenters. The van der Waals surface area contributed by atoms with E-state index in [9.17, 15) is 14.4 Å². The van der Waals surface area contributed by atoms with Gasteiger partial charge >= 0.3 is 0 Å². The summed E-state index contributed by atoms with van der Waals surface area (Å²) in [5.74, 6) is -1.10. The third-order valence-electron chi connectivity index (χ3n) is 6.15. The Morgan fingerprint density at radius 1 is 0.841 bits per heavy atom. The Hall–Kier alpha value is -4.58. The molecule has 220 valence electrons. The monoisotopic (exact) mass is 683 g/mol. The van der Waals surface area contributed by atoms with E-state index in [1.54, 1.807) is 42.5 Å². The van der Waals surface area contributed by atoms with Crippen LogP contribution in [0.2, 0.25) is 0 Å². The lowest BCUT2D eigenvalue weighted by Crippen LogP contribution is -2.30. The lowest BCUT2D eigenvalue weighted by atomic mass is 10.1. The van der Waals surface area contributed by atoms with Crippen LogP contribution >= 0.6 is 39.0 Å². The maximum absolute atomic E-state index is 13.4. The van der Waals surface area contributed by atoms with Gasteiger partial charge in [-0.05, 0) is 72.7 Å². The number of thioether (sulfide) groups is 1. The molecule has 3 amide bonds. The summed E-state index contributed by atoms with van der Waals surface area (Å²) in [5.41, 5.74) is 2.62. The first kappa shape index (κ1) is 30.9. The Bertz CT molecular complexity index is 1800. The average Bonchev–Trinajstić information content (AvgIpc) is 3.45. The van der Waals surface area contributed by atoms with Crippen molar-refractivity contribution in [1.29, 1.82) is 0 Å². The van der Waals surface area contributed by atoms with Crippen molar-refractivity contribution in [3.63, 3.8) is 0 Å². The molecule has 0 saturated carbocycles. The van der Waals surface area contributed by atoms with Gasteiger partial charge in [-0.2, -0.15) is 0 Å². The summed E-state index contributed by atoms with van der Waals surface area (Å²) in [7, 11) is 0. The van der Waals surface area contributed by atoms with Crippen LogP contribution in [0.4, 0.5) is 10.8 Å². The van der Waals surface area contributed by atoms with E-state index in [1.165, 1.54) is 23.1 Å². The van der Waals surface area contributed by atoms with Crippen LogP contribution in [0.1, 0.15) is 31.7 Å². The summed E-state index contributed by atoms with van der Waals surface area (Å²) in [5, 5.41) is 17.1. The Morgan fingerprint density at radius 2 is 1.55 bits per heavy atom. The number of carbonyl (C=O) groups excluding carboxylic acids is 3. The van der Waals surface area contributed by atoms with Gasteiger partial charge in [-0.15, -0.1) is 22.0 Å². The Balaban J connectivity index is 1.32. The van der Waals surface area contributed by atoms with Gasteiger partial charge in [0.15, 0.2) is 0 Å². The van der Waals surface area contributed by atoms with Crippen LogP contribution in [0.3, 0.4) is 0 Å². The molecule has 4 aromatic carbocycles. The summed E-state index contributed by atoms with van der Waals surface area (Å²) in [6, 6.07) is 32.8. The van der Waals surface area contributed by atoms with Gasteiger partial charge < -0.3 is 10.6 Å². The standard InChI is InChI=1S/C33H26BrN5O3S2/c1-21-38-39-33(43-21)37-32(42)29(23-10-4-2-5-11-23)44-27-17-15-26(16-18-27)35-31(41)28(20-22-9-8-14-25(34)19-22)36-30(40)24-12-6-3-7-13-24/h2-20,29H,1H3,(H,35,41)(H,36,40)(H,37,39,42)/b28-20-. The van der Waals surface area contributed by atoms with Crippen LogP contribution in [0.15, 0.2) is 124 Å². The molecule has 5 rings (SSSR count). The van der Waals surface area contributed by atoms with Crippen molar-refractivity contribution in [3.05, 3.63) is 141 Å². The molecule has 5 aromatic rings. The van der Waals surface area contributed by atoms with Crippen molar-refractivity contribution in [2.75, 3.05) is 10.6 Å². The molecule has 3 N–H and O–H groups in total. The van der Waals surface area contributed by atoms with E-state index in [2.05, 4.69) is 42.1 Å². The second-order valence-electron chi connectivity index (χ2n) is 9.44. The van der Waals surface area contributed by atoms with E-state index >= 15 is 0 Å². The van der Waals surface area contributed by atoms with Gasteiger partial charge in [-0.1, -0.05) is 87.9 Å². The zero-order valence-electron chi connectivity index (χ0n) is 23.4. The van der Waals surface area contributed by atoms with Crippen LogP contribution in [0.5, 0.6) is 0 Å². The lowest BCUT2D eigenvalue weighted by molar-refractivity contribution is -0.116. The summed E-state index contributed by atoms with van der Waals surface area (Å²) in [6.45, 7) is 1.83. The van der Waals surface area contributed by atoms with Crippen LogP contribution < -0.4 is 16.0 Å². The zero-order valence-corrected chi connectivity index (χ0v) is 26.6. The fraction of sp³-hybridized carbons (Fsp3) is 0.0606. The minimum atomic E-state index is -0.547. The van der Waals surface area contributed by atoms with E-state index < -0.39 is 17.1 Å². The van der Waals surface area contributed by atoms with Gasteiger partial charge in [0, 0.05) is 20.6 Å². The van der Waals surface area contributed by atoms with E-state index in [1.807, 2.05) is 79.7 Å². The Morgan fingerprint density at radius 3 is 2.20 bits per heavy atom. The first-order chi connectivity index (χ1) is 21.3. The minimum Gasteiger partial charge on any atom is -0.321 e. The van der Waals surface area contributed by atoms with E-state index in [4.69, 9.17) is 0 Å². The zero-order chi connectivity index (χ0) is 30.9. The second-order valence-corrected chi connectivity index (χ2v) is 12.7. The van der Waals surface area contributed by atoms with Gasteiger partial charge in [0.25, 0.3) is 11.8 Å². The third-order valence-corrected chi connectivity index (χ3v) is 8.66. The molecule has 8 nitrogen and oxygen atoms in total. The number of carbonyl (C=O) groups is 3. The highest BCUT2D eigenvalue weighted by atomic mass is 79.9. The number of anilines is 2. The number of aromatic nitrogens is 2. The fourth-order valence-corrected chi connectivity index (χ4v) is 6.11. The highest BCUT2D eigenvalue weighted by Gasteiger charge is 2.23. The van der Waals surface area contributed by atoms with Crippen molar-refractivity contribution in [2.24, 2.45) is 0 Å². The summed E-state index contributed by atoms with van der Waals surface area (Å²) >= 11 is 6.13. The molecule has 0 bridgehead atoms. The molecular formula is C33H26BrN5O3S2. The van der Waals surface area contributed by atoms with Crippen molar-refractivity contribution in [2.45, 2.75) is 17.1 Å². The molecule has 0 fully saturated rings. The summed E-state index contributed by atoms with van der Waals surface area (Å²) in [6.07, 6.45) is 1.62. The SMILES string of the molecule is Cc1nnc(NC(=O)C(Sc2ccc(NC(=O)/C(=C/c3cccc(Br)c3)NC(=O)c3ccccc3)cc2)c2ccccc2)s1. The maximum atomic E-state index is 13.4. The molecule has 0 spiro atoms. The number of rotatable bonds is 10. The Labute approximate surface area is 271 Å². The van der Waals surface area contributed by atoms with E-state index in [-0.39, 0.29) is 11.6 Å². The number of nitrogens with zero attached hydrogens (tertiary/aromatic N) is 2. The average molecular weight is 685 g/mol. The lowest BCUT2D eigenvalue weighted by Gasteiger charge is -2.16. The second kappa shape index (κ2) is 14.7. The quantitative estimate of drug-likeness (QED) is 0.104. The number of halogens is 1. The highest BCUT2D eigenvalue weighted by Crippen LogP contribution is 2.37. The smallest absolute Gasteiger partial charge is 0.272 e. The molecule has 0 aliphatic heterocycles. The molecule has 1 aromatic heterocycles. The molecule has 0 aliphatic rings. The van der Waals surface area contributed by atoms with Crippen LogP contribution in [-0.4, -0.2) is 27.9 Å². The van der Waals surface area contributed by atoms with Crippen molar-refractivity contribution in [3.8, 4) is 0 Å². The van der Waals surface area contributed by atoms with Gasteiger partial charge in [0.2, 0.25) is 11.0 Å². The molecule has 11 heteroatoms. The van der Waals surface area contributed by atoms with Crippen LogP contribution in [0.25, 0.3) is 6.08 Å². The molecular weight excluding hydrogens is 658 g/mol. The van der Waals surface area contributed by atoms with Crippen LogP contribution in [0, 0.1) is 6.92 Å². The number of benzene rings is 4. The largest absolute Gasteiger partial charge is 0.321 e. The predicted octanol–water partition coefficient (Wildman–Crippen LogP) is 7.49. The first-order valence-electron chi connectivity index (χ1n) is 13.4. The molecule has 44 heavy (non-hydrogen) atoms. The first-order valence-corrected chi connectivity index (χ1v) is 15.9. The normalized spacial score (nSPS) is 11.8. The van der Waals surface area contributed by atoms with Crippen molar-refractivity contribution in [1.82, 2.24) is 15.5 Å². The molecule has 1 heterocycles. The third kappa shape index (κ3) is 8.50. The Kier molecular flexibility index (Phi) is 10.3. The van der Waals surface area contributed by atoms with Crippen molar-refractivity contribution < 1.29 is 14.4 Å². The summed E-state index contributed by atoms with van der Waals surface area (Å²) in [4.78, 5) is 40.4. The molecule has 0 aliphatic carbocycles. The van der Waals surface area contributed by atoms with Gasteiger partial charge in [0.1, 0.15) is 16.0 Å². The summed E-state index contributed by atoms with van der Waals surface area (Å²) < 4.78 is 0.842. The number of aryl methyl sites for hydroxylation is 1. The molecule has 0 radical (unpaired) electrons. The van der Waals surface area contributed by atoms with E-state index in [0.717, 1.165) is 25.5 Å². The van der Waals surface area contributed by atoms with Crippen LogP contribution in [-0.2, 0) is 9.59 Å². The number of nitrogens with one attached hydrogen (secondary N) is 3. The molecule has 1 unspecified atom stereocenters. The van der Waals surface area contributed by atoms with Gasteiger partial charge in [0.05, 0.1) is 0 Å². The number of hydrogen-bond donors (Lipinski definition) is 3. The van der Waals surface area contributed by atoms with E-state index in [0.29, 0.717) is 16.4 Å². The van der Waals surface area contributed by atoms with Gasteiger partial charge in [-0.3, -0.25) is 19.7 Å². The van der Waals surface area contributed by atoms with Crippen molar-refractivity contribution >= 4 is 73.6 Å². The maximum Gasteiger partial charge on any atom is 0.272 e. The molecule has 0 saturated heterocycles.